The number of fused-ring (bicyclic) bond motifs is 1. The number of ether oxygens (including phenoxy) is 1. The van der Waals surface area contributed by atoms with Gasteiger partial charge in [0.05, 0.1) is 23.5 Å². The summed E-state index contributed by atoms with van der Waals surface area (Å²) in [4.78, 5) is 26.9. The van der Waals surface area contributed by atoms with Crippen LogP contribution in [0.15, 0.2) is 48.5 Å². The van der Waals surface area contributed by atoms with E-state index in [0.717, 1.165) is 16.9 Å². The molecule has 28 heavy (non-hydrogen) atoms. The number of amides is 1. The maximum absolute atomic E-state index is 12.8. The molecule has 1 aliphatic heterocycles. The number of benzene rings is 2. The monoisotopic (exact) mass is 380 g/mol. The lowest BCUT2D eigenvalue weighted by molar-refractivity contribution is -0.122. The summed E-state index contributed by atoms with van der Waals surface area (Å²) in [5.41, 5.74) is 2.70. The number of anilines is 2. The van der Waals surface area contributed by atoms with Gasteiger partial charge in [0.1, 0.15) is 12.1 Å². The molecule has 3 rings (SSSR count). The van der Waals surface area contributed by atoms with E-state index in [2.05, 4.69) is 26.1 Å². The van der Waals surface area contributed by atoms with Crippen molar-refractivity contribution in [3.63, 3.8) is 0 Å². The number of carbonyl (C=O) groups excluding carboxylic acids is 2. The number of rotatable bonds is 4. The summed E-state index contributed by atoms with van der Waals surface area (Å²) in [5.74, 6) is -0.424. The van der Waals surface area contributed by atoms with Crippen LogP contribution in [0.1, 0.15) is 50.5 Å². The first-order valence-electron chi connectivity index (χ1n) is 9.56. The molecule has 1 N–H and O–H groups in total. The molecule has 1 heterocycles. The minimum atomic E-state index is -0.707. The van der Waals surface area contributed by atoms with E-state index in [1.54, 1.807) is 17.0 Å². The maximum atomic E-state index is 12.8. The smallest absolute Gasteiger partial charge is 0.338 e. The summed E-state index contributed by atoms with van der Waals surface area (Å²) in [6.07, 6.45) is 0. The Morgan fingerprint density at radius 3 is 2.36 bits per heavy atom. The van der Waals surface area contributed by atoms with Crippen LogP contribution in [0.3, 0.4) is 0 Å². The third kappa shape index (κ3) is 4.03. The second kappa shape index (κ2) is 7.30. The highest BCUT2D eigenvalue weighted by Gasteiger charge is 2.38. The van der Waals surface area contributed by atoms with Crippen LogP contribution in [0.4, 0.5) is 11.4 Å². The standard InChI is InChI=1S/C23H28N2O3/c1-22(2,3)17-12-10-16(11-13-17)20(26)28-15-14-25-19-9-7-6-8-18(19)24-23(4,5)21(25)27/h6-13,24H,14-15H2,1-5H3. The van der Waals surface area contributed by atoms with E-state index >= 15 is 0 Å². The Bertz CT molecular complexity index is 879. The van der Waals surface area contributed by atoms with Gasteiger partial charge >= 0.3 is 5.97 Å². The van der Waals surface area contributed by atoms with E-state index in [1.165, 1.54) is 0 Å². The Hall–Kier alpha value is -2.82. The van der Waals surface area contributed by atoms with Gasteiger partial charge in [-0.3, -0.25) is 4.79 Å². The van der Waals surface area contributed by atoms with Crippen molar-refractivity contribution in [2.45, 2.75) is 45.6 Å². The molecule has 0 atom stereocenters. The van der Waals surface area contributed by atoms with Crippen LogP contribution in [0, 0.1) is 0 Å². The van der Waals surface area contributed by atoms with Crippen molar-refractivity contribution in [2.75, 3.05) is 23.4 Å². The van der Waals surface area contributed by atoms with Crippen molar-refractivity contribution in [2.24, 2.45) is 0 Å². The fourth-order valence-electron chi connectivity index (χ4n) is 3.29. The summed E-state index contributed by atoms with van der Waals surface area (Å²) in [6, 6.07) is 15.1. The van der Waals surface area contributed by atoms with Gasteiger partial charge in [0.2, 0.25) is 0 Å². The zero-order chi connectivity index (χ0) is 20.5. The fourth-order valence-corrected chi connectivity index (χ4v) is 3.29. The first-order valence-corrected chi connectivity index (χ1v) is 9.56. The predicted octanol–water partition coefficient (Wildman–Crippen LogP) is 4.38. The van der Waals surface area contributed by atoms with Gasteiger partial charge in [0, 0.05) is 0 Å². The molecule has 2 aromatic carbocycles. The van der Waals surface area contributed by atoms with E-state index in [0.29, 0.717) is 12.1 Å². The number of hydrogen-bond acceptors (Lipinski definition) is 4. The molecule has 1 aliphatic rings. The van der Waals surface area contributed by atoms with Crippen LogP contribution < -0.4 is 10.2 Å². The third-order valence-electron chi connectivity index (χ3n) is 4.96. The van der Waals surface area contributed by atoms with Crippen LogP contribution in [0.5, 0.6) is 0 Å². The molecule has 0 radical (unpaired) electrons. The second-order valence-corrected chi connectivity index (χ2v) is 8.69. The number of para-hydroxylation sites is 2. The van der Waals surface area contributed by atoms with Crippen LogP contribution in [0.2, 0.25) is 0 Å². The van der Waals surface area contributed by atoms with Gasteiger partial charge in [-0.05, 0) is 49.1 Å². The van der Waals surface area contributed by atoms with Gasteiger partial charge in [-0.2, -0.15) is 0 Å². The van der Waals surface area contributed by atoms with E-state index in [-0.39, 0.29) is 23.9 Å². The highest BCUT2D eigenvalue weighted by Crippen LogP contribution is 2.34. The quantitative estimate of drug-likeness (QED) is 0.800. The topological polar surface area (TPSA) is 58.6 Å². The molecule has 5 heteroatoms. The lowest BCUT2D eigenvalue weighted by atomic mass is 9.87. The summed E-state index contributed by atoms with van der Waals surface area (Å²) in [7, 11) is 0. The Balaban J connectivity index is 1.66. The fraction of sp³-hybridized carbons (Fsp3) is 0.391. The summed E-state index contributed by atoms with van der Waals surface area (Å²) < 4.78 is 5.43. The molecule has 0 saturated heterocycles. The molecule has 0 bridgehead atoms. The summed E-state index contributed by atoms with van der Waals surface area (Å²) >= 11 is 0. The average Bonchev–Trinajstić information content (AvgIpc) is 2.64. The average molecular weight is 380 g/mol. The highest BCUT2D eigenvalue weighted by molar-refractivity contribution is 6.07. The predicted molar refractivity (Wildman–Crippen MR) is 112 cm³/mol. The van der Waals surface area contributed by atoms with Crippen molar-refractivity contribution < 1.29 is 14.3 Å². The van der Waals surface area contributed by atoms with E-state index < -0.39 is 5.54 Å². The molecule has 2 aromatic rings. The summed E-state index contributed by atoms with van der Waals surface area (Å²) in [6.45, 7) is 10.5. The number of nitrogens with zero attached hydrogens (tertiary/aromatic N) is 1. The molecule has 5 nitrogen and oxygen atoms in total. The molecular formula is C23H28N2O3. The Morgan fingerprint density at radius 1 is 1.07 bits per heavy atom. The Labute approximate surface area is 166 Å². The zero-order valence-electron chi connectivity index (χ0n) is 17.2. The van der Waals surface area contributed by atoms with Crippen molar-refractivity contribution in [3.8, 4) is 0 Å². The molecular weight excluding hydrogens is 352 g/mol. The Morgan fingerprint density at radius 2 is 1.71 bits per heavy atom. The van der Waals surface area contributed by atoms with Crippen LogP contribution in [0.25, 0.3) is 0 Å². The molecule has 0 spiro atoms. The number of hydrogen-bond donors (Lipinski definition) is 1. The Kier molecular flexibility index (Phi) is 5.20. The summed E-state index contributed by atoms with van der Waals surface area (Å²) in [5, 5.41) is 3.26. The molecule has 0 aromatic heterocycles. The number of nitrogens with one attached hydrogen (secondary N) is 1. The first-order chi connectivity index (χ1) is 13.1. The molecule has 148 valence electrons. The van der Waals surface area contributed by atoms with Gasteiger partial charge in [-0.1, -0.05) is 45.0 Å². The van der Waals surface area contributed by atoms with E-state index in [1.807, 2.05) is 50.2 Å². The van der Waals surface area contributed by atoms with Crippen LogP contribution in [-0.2, 0) is 14.9 Å². The van der Waals surface area contributed by atoms with Gasteiger partial charge < -0.3 is 15.0 Å². The van der Waals surface area contributed by atoms with Gasteiger partial charge in [0.25, 0.3) is 5.91 Å². The minimum Gasteiger partial charge on any atom is -0.460 e. The number of carbonyl (C=O) groups is 2. The molecule has 0 fully saturated rings. The second-order valence-electron chi connectivity index (χ2n) is 8.69. The van der Waals surface area contributed by atoms with E-state index in [4.69, 9.17) is 4.74 Å². The van der Waals surface area contributed by atoms with Crippen molar-refractivity contribution in [3.05, 3.63) is 59.7 Å². The lowest BCUT2D eigenvalue weighted by Crippen LogP contribution is -2.54. The molecule has 0 unspecified atom stereocenters. The van der Waals surface area contributed by atoms with Crippen molar-refractivity contribution >= 4 is 23.3 Å². The molecule has 0 aliphatic carbocycles. The maximum Gasteiger partial charge on any atom is 0.338 e. The van der Waals surface area contributed by atoms with Crippen molar-refractivity contribution in [1.82, 2.24) is 0 Å². The largest absolute Gasteiger partial charge is 0.460 e. The third-order valence-corrected chi connectivity index (χ3v) is 4.96. The molecule has 1 amide bonds. The van der Waals surface area contributed by atoms with Gasteiger partial charge in [0.15, 0.2) is 0 Å². The first kappa shape index (κ1) is 19.9. The molecule has 0 saturated carbocycles. The zero-order valence-corrected chi connectivity index (χ0v) is 17.2. The lowest BCUT2D eigenvalue weighted by Gasteiger charge is -2.39. The highest BCUT2D eigenvalue weighted by atomic mass is 16.5. The number of esters is 1. The van der Waals surface area contributed by atoms with Gasteiger partial charge in [-0.15, -0.1) is 0 Å². The van der Waals surface area contributed by atoms with E-state index in [9.17, 15) is 9.59 Å². The SMILES string of the molecule is CC1(C)Nc2ccccc2N(CCOC(=O)c2ccc(C(C)(C)C)cc2)C1=O. The van der Waals surface area contributed by atoms with Crippen molar-refractivity contribution in [1.29, 1.82) is 0 Å². The van der Waals surface area contributed by atoms with Crippen LogP contribution in [-0.4, -0.2) is 30.6 Å². The minimum absolute atomic E-state index is 0.0330. The van der Waals surface area contributed by atoms with Crippen LogP contribution >= 0.6 is 0 Å². The van der Waals surface area contributed by atoms with Gasteiger partial charge in [-0.25, -0.2) is 4.79 Å². The normalized spacial score (nSPS) is 15.6.